The molecule has 0 spiro atoms. The van der Waals surface area contributed by atoms with Gasteiger partial charge in [0.15, 0.2) is 0 Å². The number of nitrogens with zero attached hydrogens (tertiary/aromatic N) is 2. The molecule has 2 aromatic rings. The van der Waals surface area contributed by atoms with Crippen molar-refractivity contribution >= 4 is 11.8 Å². The van der Waals surface area contributed by atoms with Crippen molar-refractivity contribution in [2.75, 3.05) is 46.3 Å². The van der Waals surface area contributed by atoms with Gasteiger partial charge in [0.05, 0.1) is 12.6 Å². The minimum absolute atomic E-state index is 0.0438. The molecule has 0 bridgehead atoms. The topological polar surface area (TPSA) is 64.7 Å². The first-order valence-corrected chi connectivity index (χ1v) is 10.5. The molecule has 6 nitrogen and oxygen atoms in total. The molecule has 2 amide bonds. The summed E-state index contributed by atoms with van der Waals surface area (Å²) in [5.74, 6) is -0.414. The van der Waals surface area contributed by atoms with E-state index in [0.29, 0.717) is 5.56 Å². The van der Waals surface area contributed by atoms with Gasteiger partial charge in [-0.15, -0.1) is 0 Å². The summed E-state index contributed by atoms with van der Waals surface area (Å²) < 4.78 is 0. The number of benzene rings is 2. The summed E-state index contributed by atoms with van der Waals surface area (Å²) in [6.45, 7) is 8.66. The number of amides is 2. The Bertz CT molecular complexity index is 841. The summed E-state index contributed by atoms with van der Waals surface area (Å²) in [4.78, 5) is 29.8. The maximum absolute atomic E-state index is 12.6. The summed E-state index contributed by atoms with van der Waals surface area (Å²) >= 11 is 0. The number of aryl methyl sites for hydroxylation is 2. The molecule has 1 fully saturated rings. The zero-order valence-corrected chi connectivity index (χ0v) is 18.1. The van der Waals surface area contributed by atoms with Crippen LogP contribution in [0.25, 0.3) is 0 Å². The Balaban J connectivity index is 1.59. The molecule has 3 rings (SSSR count). The van der Waals surface area contributed by atoms with E-state index in [1.54, 1.807) is 0 Å². The molecule has 30 heavy (non-hydrogen) atoms. The van der Waals surface area contributed by atoms with Crippen molar-refractivity contribution in [2.45, 2.75) is 19.9 Å². The lowest BCUT2D eigenvalue weighted by atomic mass is 10.1. The van der Waals surface area contributed by atoms with Crippen molar-refractivity contribution in [1.82, 2.24) is 20.4 Å². The van der Waals surface area contributed by atoms with Crippen molar-refractivity contribution in [3.8, 4) is 0 Å². The Morgan fingerprint density at radius 1 is 0.967 bits per heavy atom. The summed E-state index contributed by atoms with van der Waals surface area (Å²) in [7, 11) is 2.13. The van der Waals surface area contributed by atoms with Crippen LogP contribution in [0.5, 0.6) is 0 Å². The van der Waals surface area contributed by atoms with E-state index in [-0.39, 0.29) is 24.4 Å². The lowest BCUT2D eigenvalue weighted by Gasteiger charge is -2.35. The number of nitrogens with one attached hydrogen (secondary N) is 2. The van der Waals surface area contributed by atoms with Crippen molar-refractivity contribution in [3.63, 3.8) is 0 Å². The second kappa shape index (κ2) is 10.4. The van der Waals surface area contributed by atoms with Crippen LogP contribution in [0.3, 0.4) is 0 Å². The van der Waals surface area contributed by atoms with Crippen LogP contribution in [0.1, 0.15) is 33.1 Å². The molecule has 1 heterocycles. The first-order valence-electron chi connectivity index (χ1n) is 10.5. The van der Waals surface area contributed by atoms with E-state index in [9.17, 15) is 9.59 Å². The van der Waals surface area contributed by atoms with Gasteiger partial charge in [0.25, 0.3) is 5.91 Å². The van der Waals surface area contributed by atoms with E-state index in [0.717, 1.165) is 49.4 Å². The Labute approximate surface area is 179 Å². The fourth-order valence-corrected chi connectivity index (χ4v) is 3.82. The molecule has 160 valence electrons. The second-order valence-electron chi connectivity index (χ2n) is 8.19. The molecule has 2 N–H and O–H groups in total. The van der Waals surface area contributed by atoms with Gasteiger partial charge in [-0.1, -0.05) is 47.5 Å². The van der Waals surface area contributed by atoms with Gasteiger partial charge in [-0.05, 0) is 38.6 Å². The number of carbonyl (C=O) groups is 2. The molecule has 1 aliphatic rings. The number of hydrogen-bond donors (Lipinski definition) is 2. The SMILES string of the molecule is Cc1cc(C)cc(C(=O)NCC(=O)NC(CN2CCN(C)CC2)c2ccccc2)c1. The highest BCUT2D eigenvalue weighted by Crippen LogP contribution is 2.15. The number of piperazine rings is 1. The molecule has 0 radical (unpaired) electrons. The molecule has 1 unspecified atom stereocenters. The molecule has 1 aliphatic heterocycles. The fourth-order valence-electron chi connectivity index (χ4n) is 3.82. The van der Waals surface area contributed by atoms with Gasteiger partial charge in [-0.2, -0.15) is 0 Å². The van der Waals surface area contributed by atoms with E-state index in [2.05, 4.69) is 27.5 Å². The molecule has 0 aliphatic carbocycles. The van der Waals surface area contributed by atoms with Crippen molar-refractivity contribution in [1.29, 1.82) is 0 Å². The predicted molar refractivity (Wildman–Crippen MR) is 120 cm³/mol. The third kappa shape index (κ3) is 6.40. The number of rotatable bonds is 7. The van der Waals surface area contributed by atoms with Crippen molar-refractivity contribution in [2.24, 2.45) is 0 Å². The second-order valence-corrected chi connectivity index (χ2v) is 8.19. The third-order valence-corrected chi connectivity index (χ3v) is 5.47. The Morgan fingerprint density at radius 2 is 1.60 bits per heavy atom. The van der Waals surface area contributed by atoms with Crippen LogP contribution in [-0.4, -0.2) is 67.9 Å². The Kier molecular flexibility index (Phi) is 7.60. The summed E-state index contributed by atoms with van der Waals surface area (Å²) in [6, 6.07) is 15.6. The lowest BCUT2D eigenvalue weighted by molar-refractivity contribution is -0.121. The van der Waals surface area contributed by atoms with Crippen LogP contribution in [0.4, 0.5) is 0 Å². The quantitative estimate of drug-likeness (QED) is 0.737. The van der Waals surface area contributed by atoms with Gasteiger partial charge in [0.1, 0.15) is 0 Å². The van der Waals surface area contributed by atoms with Gasteiger partial charge >= 0.3 is 0 Å². The van der Waals surface area contributed by atoms with Crippen LogP contribution >= 0.6 is 0 Å². The molecule has 0 aromatic heterocycles. The van der Waals surface area contributed by atoms with E-state index < -0.39 is 0 Å². The van der Waals surface area contributed by atoms with E-state index in [1.165, 1.54) is 0 Å². The predicted octanol–water partition coefficient (Wildman–Crippen LogP) is 2.14. The van der Waals surface area contributed by atoms with Gasteiger partial charge in [-0.3, -0.25) is 14.5 Å². The molecule has 2 aromatic carbocycles. The highest BCUT2D eigenvalue weighted by Gasteiger charge is 2.21. The monoisotopic (exact) mass is 408 g/mol. The van der Waals surface area contributed by atoms with Crippen LogP contribution in [-0.2, 0) is 4.79 Å². The van der Waals surface area contributed by atoms with Crippen LogP contribution in [0, 0.1) is 13.8 Å². The first-order chi connectivity index (χ1) is 14.4. The molecule has 1 atom stereocenters. The maximum atomic E-state index is 12.6. The average molecular weight is 409 g/mol. The van der Waals surface area contributed by atoms with Gasteiger partial charge in [-0.25, -0.2) is 0 Å². The van der Waals surface area contributed by atoms with Gasteiger partial charge in [0, 0.05) is 38.3 Å². The summed E-state index contributed by atoms with van der Waals surface area (Å²) in [6.07, 6.45) is 0. The highest BCUT2D eigenvalue weighted by atomic mass is 16.2. The molecular formula is C24H32N4O2. The van der Waals surface area contributed by atoms with Crippen LogP contribution in [0.2, 0.25) is 0 Å². The fraction of sp³-hybridized carbons (Fsp3) is 0.417. The van der Waals surface area contributed by atoms with Gasteiger partial charge in [0.2, 0.25) is 5.91 Å². The molecule has 6 heteroatoms. The van der Waals surface area contributed by atoms with E-state index in [1.807, 2.05) is 62.4 Å². The number of carbonyl (C=O) groups excluding carboxylic acids is 2. The standard InChI is InChI=1S/C24H32N4O2/c1-18-13-19(2)15-21(14-18)24(30)25-16-23(29)26-22(20-7-5-4-6-8-20)17-28-11-9-27(3)10-12-28/h4-8,13-15,22H,9-12,16-17H2,1-3H3,(H,25,30)(H,26,29). The zero-order valence-electron chi connectivity index (χ0n) is 18.1. The smallest absolute Gasteiger partial charge is 0.251 e. The Morgan fingerprint density at radius 3 is 2.23 bits per heavy atom. The average Bonchev–Trinajstić information content (AvgIpc) is 2.73. The first kappa shape index (κ1) is 22.0. The van der Waals surface area contributed by atoms with Gasteiger partial charge < -0.3 is 15.5 Å². The highest BCUT2D eigenvalue weighted by molar-refractivity contribution is 5.96. The molecule has 1 saturated heterocycles. The largest absolute Gasteiger partial charge is 0.346 e. The summed E-state index contributed by atoms with van der Waals surface area (Å²) in [5, 5.41) is 5.86. The number of likely N-dealkylation sites (N-methyl/N-ethyl adjacent to an activating group) is 1. The minimum Gasteiger partial charge on any atom is -0.346 e. The van der Waals surface area contributed by atoms with E-state index in [4.69, 9.17) is 0 Å². The molecular weight excluding hydrogens is 376 g/mol. The van der Waals surface area contributed by atoms with E-state index >= 15 is 0 Å². The third-order valence-electron chi connectivity index (χ3n) is 5.47. The molecule has 0 saturated carbocycles. The Hall–Kier alpha value is -2.70. The van der Waals surface area contributed by atoms with Crippen molar-refractivity contribution < 1.29 is 9.59 Å². The van der Waals surface area contributed by atoms with Crippen LogP contribution in [0.15, 0.2) is 48.5 Å². The maximum Gasteiger partial charge on any atom is 0.251 e. The lowest BCUT2D eigenvalue weighted by Crippen LogP contribution is -2.48. The van der Waals surface area contributed by atoms with Crippen molar-refractivity contribution in [3.05, 3.63) is 70.8 Å². The number of hydrogen-bond acceptors (Lipinski definition) is 4. The normalized spacial score (nSPS) is 16.1. The zero-order chi connectivity index (χ0) is 21.5. The van der Waals surface area contributed by atoms with Crippen LogP contribution < -0.4 is 10.6 Å². The minimum atomic E-state index is -0.229. The summed E-state index contributed by atoms with van der Waals surface area (Å²) in [5.41, 5.74) is 3.71.